The maximum absolute atomic E-state index is 12.7. The molecular formula is C23H35F3N4OS. The predicted molar refractivity (Wildman–Crippen MR) is 135 cm³/mol. The van der Waals surface area contributed by atoms with Gasteiger partial charge in [-0.15, -0.1) is 12.6 Å². The first-order chi connectivity index (χ1) is 15.2. The summed E-state index contributed by atoms with van der Waals surface area (Å²) in [5, 5.41) is 5.57. The first-order valence-corrected chi connectivity index (χ1v) is 10.3. The average Bonchev–Trinajstić information content (AvgIpc) is 2.82. The van der Waals surface area contributed by atoms with Gasteiger partial charge in [0.25, 0.3) is 5.92 Å². The standard InChI is InChI=1S/C12H17F3.C10H13N3OS.CH5N/c1-4-6-11(5-2)8-7-10(3)12(14,15)9-13;1-12-9-4-7(10(15)5-11)2-3-8(9)13-6-14;1-2/h5,7-8H,3-4,6,9H2,1-2H3;2-6,12,15H,11H2,1H3,(H,13,14);2H2,1H3/b8-7-,11-5-;10-5-;. The average molecular weight is 473 g/mol. The number of benzene rings is 1. The third-order valence-corrected chi connectivity index (χ3v) is 4.41. The van der Waals surface area contributed by atoms with Crippen LogP contribution in [0.1, 0.15) is 32.3 Å². The number of carbonyl (C=O) groups is 1. The molecule has 1 amide bonds. The van der Waals surface area contributed by atoms with E-state index in [0.717, 1.165) is 35.4 Å². The quantitative estimate of drug-likeness (QED) is 0.176. The summed E-state index contributed by atoms with van der Waals surface area (Å²) in [6, 6.07) is 5.48. The lowest BCUT2D eigenvalue weighted by Gasteiger charge is -2.11. The normalized spacial score (nSPS) is 11.7. The van der Waals surface area contributed by atoms with Crippen LogP contribution < -0.4 is 22.1 Å². The van der Waals surface area contributed by atoms with E-state index in [0.29, 0.717) is 11.3 Å². The van der Waals surface area contributed by atoms with Crippen molar-refractivity contribution in [2.45, 2.75) is 32.6 Å². The Balaban J connectivity index is 0. The molecule has 0 bridgehead atoms. The molecule has 1 rings (SSSR count). The molecule has 0 unspecified atom stereocenters. The monoisotopic (exact) mass is 472 g/mol. The molecule has 0 saturated carbocycles. The Hall–Kier alpha value is -2.65. The van der Waals surface area contributed by atoms with Gasteiger partial charge >= 0.3 is 0 Å². The first kappa shape index (κ1) is 31.5. The van der Waals surface area contributed by atoms with Crippen molar-refractivity contribution in [2.24, 2.45) is 11.5 Å². The molecule has 0 aliphatic rings. The zero-order valence-electron chi connectivity index (χ0n) is 19.1. The zero-order valence-corrected chi connectivity index (χ0v) is 20.0. The molecule has 0 spiro atoms. The molecule has 0 fully saturated rings. The summed E-state index contributed by atoms with van der Waals surface area (Å²) in [6.45, 7) is 5.30. The van der Waals surface area contributed by atoms with E-state index in [9.17, 15) is 18.0 Å². The molecule has 0 aliphatic heterocycles. The zero-order chi connectivity index (χ0) is 25.2. The first-order valence-electron chi connectivity index (χ1n) is 9.88. The van der Waals surface area contributed by atoms with Crippen LogP contribution >= 0.6 is 12.6 Å². The lowest BCUT2D eigenvalue weighted by atomic mass is 10.1. The summed E-state index contributed by atoms with van der Waals surface area (Å²) in [7, 11) is 3.28. The van der Waals surface area contributed by atoms with E-state index < -0.39 is 18.2 Å². The van der Waals surface area contributed by atoms with Crippen LogP contribution in [0.15, 0.2) is 60.4 Å². The molecule has 0 heterocycles. The Labute approximate surface area is 194 Å². The molecule has 0 radical (unpaired) electrons. The minimum atomic E-state index is -3.44. The van der Waals surface area contributed by atoms with Crippen molar-refractivity contribution in [3.05, 3.63) is 65.9 Å². The van der Waals surface area contributed by atoms with Crippen LogP contribution in [-0.4, -0.2) is 33.1 Å². The van der Waals surface area contributed by atoms with Crippen LogP contribution in [0.25, 0.3) is 4.91 Å². The van der Waals surface area contributed by atoms with E-state index in [2.05, 4.69) is 35.6 Å². The van der Waals surface area contributed by atoms with Crippen LogP contribution in [-0.2, 0) is 4.79 Å². The Morgan fingerprint density at radius 3 is 2.31 bits per heavy atom. The topological polar surface area (TPSA) is 93.2 Å². The highest BCUT2D eigenvalue weighted by Crippen LogP contribution is 2.27. The third-order valence-electron chi connectivity index (χ3n) is 4.00. The number of nitrogens with two attached hydrogens (primary N) is 2. The summed E-state index contributed by atoms with van der Waals surface area (Å²) < 4.78 is 37.4. The van der Waals surface area contributed by atoms with Crippen LogP contribution in [0, 0.1) is 0 Å². The van der Waals surface area contributed by atoms with Gasteiger partial charge in [0, 0.05) is 23.7 Å². The lowest BCUT2D eigenvalue weighted by Crippen LogP contribution is -2.19. The van der Waals surface area contributed by atoms with E-state index in [1.807, 2.05) is 32.1 Å². The van der Waals surface area contributed by atoms with Crippen molar-refractivity contribution >= 4 is 35.3 Å². The van der Waals surface area contributed by atoms with Crippen LogP contribution in [0.2, 0.25) is 0 Å². The number of hydrogen-bond acceptors (Lipinski definition) is 5. The SMILES string of the molecule is C=C(/C=C\C(=C/C)CCC)C(F)(F)CF.CN.CNc1cc(/C(S)=C/N)ccc1NC=O. The number of allylic oxidation sites excluding steroid dienone is 5. The number of anilines is 2. The fourth-order valence-electron chi connectivity index (χ4n) is 2.22. The summed E-state index contributed by atoms with van der Waals surface area (Å²) in [6.07, 6.45) is 8.42. The number of alkyl halides is 3. The molecule has 180 valence electrons. The number of carbonyl (C=O) groups excluding carboxylic acids is 1. The van der Waals surface area contributed by atoms with Crippen molar-refractivity contribution in [3.8, 4) is 0 Å². The molecule has 0 atom stereocenters. The number of rotatable bonds is 10. The maximum Gasteiger partial charge on any atom is 0.300 e. The van der Waals surface area contributed by atoms with Gasteiger partial charge in [-0.2, -0.15) is 8.78 Å². The number of amides is 1. The van der Waals surface area contributed by atoms with Crippen LogP contribution in [0.5, 0.6) is 0 Å². The number of nitrogens with one attached hydrogen (secondary N) is 2. The largest absolute Gasteiger partial charge is 0.404 e. The highest BCUT2D eigenvalue weighted by Gasteiger charge is 2.31. The second kappa shape index (κ2) is 18.0. The molecular weight excluding hydrogens is 437 g/mol. The Bertz CT molecular complexity index is 793. The lowest BCUT2D eigenvalue weighted by molar-refractivity contribution is -0.105. The summed E-state index contributed by atoms with van der Waals surface area (Å²) in [5.74, 6) is -3.44. The molecule has 0 saturated heterocycles. The molecule has 1 aromatic carbocycles. The minimum absolute atomic E-state index is 0.486. The highest BCUT2D eigenvalue weighted by molar-refractivity contribution is 7.90. The van der Waals surface area contributed by atoms with Gasteiger partial charge in [0.05, 0.1) is 11.4 Å². The van der Waals surface area contributed by atoms with E-state index in [1.165, 1.54) is 19.3 Å². The van der Waals surface area contributed by atoms with Gasteiger partial charge < -0.3 is 22.1 Å². The Kier molecular flexibility index (Phi) is 17.7. The fourth-order valence-corrected chi connectivity index (χ4v) is 2.36. The summed E-state index contributed by atoms with van der Waals surface area (Å²) in [4.78, 5) is 11.0. The van der Waals surface area contributed by atoms with Crippen LogP contribution in [0.3, 0.4) is 0 Å². The Morgan fingerprint density at radius 2 is 1.88 bits per heavy atom. The van der Waals surface area contributed by atoms with Gasteiger partial charge in [0.2, 0.25) is 6.41 Å². The van der Waals surface area contributed by atoms with E-state index >= 15 is 0 Å². The van der Waals surface area contributed by atoms with E-state index in [-0.39, 0.29) is 0 Å². The predicted octanol–water partition coefficient (Wildman–Crippen LogP) is 5.51. The fraction of sp³-hybridized carbons (Fsp3) is 0.348. The molecule has 0 aliphatic carbocycles. The number of halogens is 3. The van der Waals surface area contributed by atoms with Crippen molar-refractivity contribution < 1.29 is 18.0 Å². The second-order valence-corrected chi connectivity index (χ2v) is 6.62. The summed E-state index contributed by atoms with van der Waals surface area (Å²) in [5.41, 5.74) is 12.7. The highest BCUT2D eigenvalue weighted by atomic mass is 32.1. The van der Waals surface area contributed by atoms with Gasteiger partial charge in [0.1, 0.15) is 0 Å². The van der Waals surface area contributed by atoms with Crippen molar-refractivity contribution in [1.29, 1.82) is 0 Å². The smallest absolute Gasteiger partial charge is 0.300 e. The van der Waals surface area contributed by atoms with Gasteiger partial charge in [-0.1, -0.05) is 49.8 Å². The molecule has 32 heavy (non-hydrogen) atoms. The summed E-state index contributed by atoms with van der Waals surface area (Å²) >= 11 is 4.21. The molecule has 6 N–H and O–H groups in total. The number of hydrogen-bond donors (Lipinski definition) is 5. The molecule has 9 heteroatoms. The van der Waals surface area contributed by atoms with Crippen molar-refractivity contribution in [1.82, 2.24) is 0 Å². The van der Waals surface area contributed by atoms with Gasteiger partial charge in [-0.3, -0.25) is 4.79 Å². The number of thiol groups is 1. The van der Waals surface area contributed by atoms with E-state index in [4.69, 9.17) is 5.73 Å². The molecule has 0 aromatic heterocycles. The van der Waals surface area contributed by atoms with Crippen molar-refractivity contribution in [2.75, 3.05) is 31.4 Å². The second-order valence-electron chi connectivity index (χ2n) is 6.13. The Morgan fingerprint density at radius 1 is 1.25 bits per heavy atom. The van der Waals surface area contributed by atoms with Crippen molar-refractivity contribution in [3.63, 3.8) is 0 Å². The maximum atomic E-state index is 12.7. The van der Waals surface area contributed by atoms with Gasteiger partial charge in [0.15, 0.2) is 6.67 Å². The van der Waals surface area contributed by atoms with Gasteiger partial charge in [-0.05, 0) is 38.1 Å². The molecule has 1 aromatic rings. The van der Waals surface area contributed by atoms with Gasteiger partial charge in [-0.25, -0.2) is 4.39 Å². The molecule has 5 nitrogen and oxygen atoms in total. The third kappa shape index (κ3) is 11.7. The minimum Gasteiger partial charge on any atom is -0.404 e. The van der Waals surface area contributed by atoms with Crippen LogP contribution in [0.4, 0.5) is 24.5 Å². The van der Waals surface area contributed by atoms with E-state index in [1.54, 1.807) is 19.2 Å².